The average molecular weight is 424 g/mol. The fourth-order valence-electron chi connectivity index (χ4n) is 5.76. The van der Waals surface area contributed by atoms with Gasteiger partial charge >= 0.3 is 0 Å². The van der Waals surface area contributed by atoms with Gasteiger partial charge in [-0.3, -0.25) is 14.9 Å². The Labute approximate surface area is 182 Å². The van der Waals surface area contributed by atoms with Crippen molar-refractivity contribution < 1.29 is 14.7 Å². The molecule has 2 aliphatic heterocycles. The molecule has 0 aliphatic carbocycles. The lowest BCUT2D eigenvalue weighted by Gasteiger charge is -2.08. The molecule has 4 N–H and O–H groups in total. The number of carbonyl (C=O) groups is 2. The molecule has 32 heavy (non-hydrogen) atoms. The largest absolute Gasteiger partial charge is 0.396 e. The molecule has 5 aromatic rings. The van der Waals surface area contributed by atoms with Crippen LogP contribution in [0.1, 0.15) is 31.8 Å². The van der Waals surface area contributed by atoms with E-state index in [2.05, 4.69) is 26.3 Å². The topological polar surface area (TPSA) is 99.2 Å². The number of aromatic amines is 1. The Bertz CT molecular complexity index is 1660. The van der Waals surface area contributed by atoms with Gasteiger partial charge in [-0.05, 0) is 17.5 Å². The Balaban J connectivity index is 1.81. The average Bonchev–Trinajstić information content (AvgIpc) is 3.35. The first-order chi connectivity index (χ1) is 15.7. The van der Waals surface area contributed by atoms with Crippen molar-refractivity contribution in [1.29, 1.82) is 0 Å². The lowest BCUT2D eigenvalue weighted by Crippen LogP contribution is -2.20. The lowest BCUT2D eigenvalue weighted by atomic mass is 9.96. The van der Waals surface area contributed by atoms with E-state index in [-0.39, 0.29) is 18.4 Å². The van der Waals surface area contributed by atoms with Crippen LogP contribution in [0, 0.1) is 0 Å². The van der Waals surface area contributed by atoms with Crippen molar-refractivity contribution >= 4 is 55.4 Å². The van der Waals surface area contributed by atoms with E-state index in [1.807, 2.05) is 30.3 Å². The van der Waals surface area contributed by atoms with E-state index in [0.29, 0.717) is 17.5 Å². The highest BCUT2D eigenvalue weighted by Crippen LogP contribution is 2.44. The molecular weight excluding hydrogens is 404 g/mol. The smallest absolute Gasteiger partial charge is 0.259 e. The monoisotopic (exact) mass is 424 g/mol. The second-order valence-corrected chi connectivity index (χ2v) is 8.59. The molecular formula is C25H20N4O3. The Morgan fingerprint density at radius 2 is 1.69 bits per heavy atom. The molecule has 0 bridgehead atoms. The maximum atomic E-state index is 13.1. The first kappa shape index (κ1) is 17.9. The first-order valence-corrected chi connectivity index (χ1v) is 10.9. The number of nitrogens with zero attached hydrogens (tertiary/aromatic N) is 1. The number of hydrogen-bond donors (Lipinski definition) is 4. The summed E-state index contributed by atoms with van der Waals surface area (Å²) >= 11 is 0. The van der Waals surface area contributed by atoms with Gasteiger partial charge in [0.25, 0.3) is 11.8 Å². The summed E-state index contributed by atoms with van der Waals surface area (Å²) in [5.74, 6) is -0.687. The van der Waals surface area contributed by atoms with Crippen molar-refractivity contribution in [2.45, 2.75) is 19.5 Å². The van der Waals surface area contributed by atoms with Gasteiger partial charge < -0.3 is 20.0 Å². The summed E-state index contributed by atoms with van der Waals surface area (Å²) in [6, 6.07) is 12.1. The molecule has 2 aromatic heterocycles. The van der Waals surface area contributed by atoms with Crippen LogP contribution in [0.5, 0.6) is 0 Å². The predicted octanol–water partition coefficient (Wildman–Crippen LogP) is 2.95. The highest BCUT2D eigenvalue weighted by Gasteiger charge is 2.36. The number of H-pyrrole nitrogens is 1. The van der Waals surface area contributed by atoms with Gasteiger partial charge in [0.15, 0.2) is 0 Å². The number of fused-ring (bicyclic) bond motifs is 10. The molecule has 0 unspecified atom stereocenters. The van der Waals surface area contributed by atoms with Crippen LogP contribution in [0.25, 0.3) is 43.6 Å². The SMILES string of the molecule is O=C1NC(=O)c2c1c1c3cccc(CCO)c3[nH]c1c1c2c2cccc3c2n1CCNC3. The standard InChI is InChI=1S/C25H20N4O3/c30-10-7-12-3-1-5-14-16-18-19(25(32)28-24(18)31)17-15-6-2-4-13-11-26-8-9-29(22(13)15)23(17)21(16)27-20(12)14/h1-6,26-27,30H,7-11H2,(H,28,31,32). The van der Waals surface area contributed by atoms with Crippen molar-refractivity contribution in [2.75, 3.05) is 13.2 Å². The molecule has 7 rings (SSSR count). The number of rotatable bonds is 2. The number of benzene rings is 3. The van der Waals surface area contributed by atoms with Crippen molar-refractivity contribution in [3.05, 3.63) is 58.7 Å². The number of para-hydroxylation sites is 2. The summed E-state index contributed by atoms with van der Waals surface area (Å²) in [6.45, 7) is 2.38. The van der Waals surface area contributed by atoms with E-state index in [9.17, 15) is 14.7 Å². The van der Waals surface area contributed by atoms with Crippen molar-refractivity contribution in [2.24, 2.45) is 0 Å². The highest BCUT2D eigenvalue weighted by molar-refractivity contribution is 6.39. The molecule has 3 aromatic carbocycles. The zero-order valence-electron chi connectivity index (χ0n) is 17.2. The van der Waals surface area contributed by atoms with E-state index in [4.69, 9.17) is 0 Å². The number of aliphatic hydroxyl groups excluding tert-OH is 1. The molecule has 0 atom stereocenters. The minimum Gasteiger partial charge on any atom is -0.396 e. The fourth-order valence-corrected chi connectivity index (χ4v) is 5.76. The molecule has 158 valence electrons. The minimum absolute atomic E-state index is 0.0380. The molecule has 2 aliphatic rings. The normalized spacial score (nSPS) is 15.8. The van der Waals surface area contributed by atoms with Crippen LogP contribution in [0.15, 0.2) is 36.4 Å². The van der Waals surface area contributed by atoms with Crippen molar-refractivity contribution in [1.82, 2.24) is 20.2 Å². The summed E-state index contributed by atoms with van der Waals surface area (Å²) < 4.78 is 2.29. The number of amides is 2. The minimum atomic E-state index is -0.351. The van der Waals surface area contributed by atoms with Crippen molar-refractivity contribution in [3.8, 4) is 0 Å². The Morgan fingerprint density at radius 1 is 0.906 bits per heavy atom. The molecule has 0 saturated heterocycles. The molecule has 0 radical (unpaired) electrons. The Kier molecular flexibility index (Phi) is 3.47. The molecule has 2 amide bonds. The number of imide groups is 1. The van der Waals surface area contributed by atoms with E-state index < -0.39 is 0 Å². The van der Waals surface area contributed by atoms with Crippen LogP contribution < -0.4 is 10.6 Å². The van der Waals surface area contributed by atoms with Gasteiger partial charge in [0.2, 0.25) is 0 Å². The molecule has 4 heterocycles. The fraction of sp³-hybridized carbons (Fsp3) is 0.200. The van der Waals surface area contributed by atoms with Gasteiger partial charge in [-0.25, -0.2) is 0 Å². The third-order valence-corrected chi connectivity index (χ3v) is 6.96. The second kappa shape index (κ2) is 6.18. The number of aliphatic hydroxyl groups is 1. The van der Waals surface area contributed by atoms with Crippen LogP contribution in [-0.2, 0) is 19.5 Å². The van der Waals surface area contributed by atoms with E-state index >= 15 is 0 Å². The van der Waals surface area contributed by atoms with E-state index in [1.54, 1.807) is 0 Å². The quantitative estimate of drug-likeness (QED) is 0.328. The van der Waals surface area contributed by atoms with Gasteiger partial charge in [-0.15, -0.1) is 0 Å². The van der Waals surface area contributed by atoms with Gasteiger partial charge in [-0.2, -0.15) is 0 Å². The zero-order chi connectivity index (χ0) is 21.6. The third kappa shape index (κ3) is 2.07. The molecule has 7 heteroatoms. The van der Waals surface area contributed by atoms with Crippen LogP contribution in [0.4, 0.5) is 0 Å². The summed E-state index contributed by atoms with van der Waals surface area (Å²) in [4.78, 5) is 29.7. The van der Waals surface area contributed by atoms with E-state index in [1.165, 1.54) is 5.56 Å². The maximum Gasteiger partial charge on any atom is 0.259 e. The number of hydrogen-bond acceptors (Lipinski definition) is 4. The second-order valence-electron chi connectivity index (χ2n) is 8.59. The van der Waals surface area contributed by atoms with Gasteiger partial charge in [-0.1, -0.05) is 36.4 Å². The summed E-state index contributed by atoms with van der Waals surface area (Å²) in [7, 11) is 0. The zero-order valence-corrected chi connectivity index (χ0v) is 17.2. The molecule has 7 nitrogen and oxygen atoms in total. The van der Waals surface area contributed by atoms with Crippen LogP contribution >= 0.6 is 0 Å². The van der Waals surface area contributed by atoms with Gasteiger partial charge in [0, 0.05) is 53.3 Å². The van der Waals surface area contributed by atoms with Crippen LogP contribution in [0.2, 0.25) is 0 Å². The third-order valence-electron chi connectivity index (χ3n) is 6.96. The summed E-state index contributed by atoms with van der Waals surface area (Å²) in [5, 5.41) is 19.1. The van der Waals surface area contributed by atoms with Gasteiger partial charge in [0.05, 0.1) is 27.7 Å². The van der Waals surface area contributed by atoms with Crippen LogP contribution in [0.3, 0.4) is 0 Å². The number of nitrogens with one attached hydrogen (secondary N) is 3. The Morgan fingerprint density at radius 3 is 2.53 bits per heavy atom. The summed E-state index contributed by atoms with van der Waals surface area (Å²) in [6.07, 6.45) is 0.512. The molecule has 0 saturated carbocycles. The van der Waals surface area contributed by atoms with E-state index in [0.717, 1.165) is 68.8 Å². The lowest BCUT2D eigenvalue weighted by molar-refractivity contribution is 0.0880. The highest BCUT2D eigenvalue weighted by atomic mass is 16.3. The van der Waals surface area contributed by atoms with Crippen molar-refractivity contribution in [3.63, 3.8) is 0 Å². The van der Waals surface area contributed by atoms with Crippen LogP contribution in [-0.4, -0.2) is 39.6 Å². The Hall–Kier alpha value is -3.68. The first-order valence-electron chi connectivity index (χ1n) is 10.9. The molecule has 0 spiro atoms. The number of aromatic nitrogens is 2. The summed E-state index contributed by atoms with van der Waals surface area (Å²) in [5.41, 5.74) is 6.94. The number of carbonyl (C=O) groups excluding carboxylic acids is 2. The van der Waals surface area contributed by atoms with Gasteiger partial charge in [0.1, 0.15) is 0 Å². The predicted molar refractivity (Wildman–Crippen MR) is 123 cm³/mol. The molecule has 0 fully saturated rings. The maximum absolute atomic E-state index is 13.1.